The quantitative estimate of drug-likeness (QED) is 0.598. The molecule has 0 N–H and O–H groups in total. The van der Waals surface area contributed by atoms with Gasteiger partial charge in [-0.3, -0.25) is 4.79 Å². The second-order valence-corrected chi connectivity index (χ2v) is 3.76. The molecular formula is C9H18N2O2. The van der Waals surface area contributed by atoms with Crippen LogP contribution >= 0.6 is 0 Å². The third kappa shape index (κ3) is 3.32. The molecule has 0 aliphatic carbocycles. The van der Waals surface area contributed by atoms with Crippen LogP contribution in [-0.4, -0.2) is 62.1 Å². The van der Waals surface area contributed by atoms with Crippen molar-refractivity contribution in [3.63, 3.8) is 0 Å². The van der Waals surface area contributed by atoms with Crippen LogP contribution in [0.25, 0.3) is 0 Å². The topological polar surface area (TPSA) is 32.8 Å². The summed E-state index contributed by atoms with van der Waals surface area (Å²) in [5.41, 5.74) is 0. The zero-order chi connectivity index (χ0) is 9.84. The molecule has 0 saturated carbocycles. The molecule has 13 heavy (non-hydrogen) atoms. The Balaban J connectivity index is 2.37. The van der Waals surface area contributed by atoms with Gasteiger partial charge in [-0.25, -0.2) is 0 Å². The Kier molecular flexibility index (Phi) is 3.69. The fourth-order valence-electron chi connectivity index (χ4n) is 1.42. The molecular weight excluding hydrogens is 168 g/mol. The highest BCUT2D eigenvalue weighted by atomic mass is 16.5. The van der Waals surface area contributed by atoms with E-state index >= 15 is 0 Å². The number of ether oxygens (including phenoxy) is 1. The smallest absolute Gasteiger partial charge is 0.236 e. The molecule has 0 aromatic rings. The number of rotatable bonds is 2. The van der Waals surface area contributed by atoms with Crippen LogP contribution in [-0.2, 0) is 9.53 Å². The van der Waals surface area contributed by atoms with E-state index in [9.17, 15) is 4.79 Å². The van der Waals surface area contributed by atoms with Crippen molar-refractivity contribution in [3.8, 4) is 0 Å². The summed E-state index contributed by atoms with van der Waals surface area (Å²) in [4.78, 5) is 15.3. The average molecular weight is 186 g/mol. The van der Waals surface area contributed by atoms with Crippen molar-refractivity contribution in [1.82, 2.24) is 9.80 Å². The molecule has 1 saturated heterocycles. The summed E-state index contributed by atoms with van der Waals surface area (Å²) < 4.78 is 5.36. The van der Waals surface area contributed by atoms with Crippen LogP contribution < -0.4 is 0 Å². The van der Waals surface area contributed by atoms with Gasteiger partial charge in [0.15, 0.2) is 0 Å². The Morgan fingerprint density at radius 2 is 2.31 bits per heavy atom. The van der Waals surface area contributed by atoms with Crippen LogP contribution in [0.15, 0.2) is 0 Å². The van der Waals surface area contributed by atoms with Gasteiger partial charge in [-0.05, 0) is 21.0 Å². The summed E-state index contributed by atoms with van der Waals surface area (Å²) in [6.45, 7) is 4.62. The van der Waals surface area contributed by atoms with Gasteiger partial charge in [-0.2, -0.15) is 0 Å². The number of carbonyl (C=O) groups excluding carboxylic acids is 1. The average Bonchev–Trinajstić information content (AvgIpc) is 2.03. The van der Waals surface area contributed by atoms with Gasteiger partial charge >= 0.3 is 0 Å². The highest BCUT2D eigenvalue weighted by Crippen LogP contribution is 2.04. The molecule has 4 heteroatoms. The number of likely N-dealkylation sites (N-methyl/N-ethyl adjacent to an activating group) is 1. The third-order valence-electron chi connectivity index (χ3n) is 2.05. The van der Waals surface area contributed by atoms with Crippen molar-refractivity contribution in [1.29, 1.82) is 0 Å². The van der Waals surface area contributed by atoms with Gasteiger partial charge < -0.3 is 14.5 Å². The van der Waals surface area contributed by atoms with Gasteiger partial charge in [0.2, 0.25) is 5.91 Å². The predicted molar refractivity (Wildman–Crippen MR) is 50.5 cm³/mol. The lowest BCUT2D eigenvalue weighted by Crippen LogP contribution is -2.47. The number of amides is 1. The van der Waals surface area contributed by atoms with Crippen molar-refractivity contribution >= 4 is 5.91 Å². The molecule has 76 valence electrons. The van der Waals surface area contributed by atoms with Gasteiger partial charge in [-0.15, -0.1) is 0 Å². The van der Waals surface area contributed by atoms with Crippen LogP contribution in [0.4, 0.5) is 0 Å². The number of hydrogen-bond donors (Lipinski definition) is 0. The van der Waals surface area contributed by atoms with Gasteiger partial charge in [-0.1, -0.05) is 0 Å². The molecule has 0 bridgehead atoms. The standard InChI is InChI=1S/C9H18N2O2/c1-8-6-11(4-5-13-8)9(12)7-10(2)3/h8H,4-7H2,1-3H3/t8-/m0/s1. The summed E-state index contributed by atoms with van der Waals surface area (Å²) in [6, 6.07) is 0. The third-order valence-corrected chi connectivity index (χ3v) is 2.05. The minimum Gasteiger partial charge on any atom is -0.375 e. The molecule has 0 aromatic carbocycles. The van der Waals surface area contributed by atoms with E-state index in [1.54, 1.807) is 0 Å². The molecule has 4 nitrogen and oxygen atoms in total. The van der Waals surface area contributed by atoms with Crippen LogP contribution in [0.1, 0.15) is 6.92 Å². The van der Waals surface area contributed by atoms with E-state index in [1.165, 1.54) is 0 Å². The van der Waals surface area contributed by atoms with E-state index in [0.717, 1.165) is 13.1 Å². The second-order valence-electron chi connectivity index (χ2n) is 3.76. The molecule has 0 radical (unpaired) electrons. The molecule has 1 fully saturated rings. The largest absolute Gasteiger partial charge is 0.375 e. The lowest BCUT2D eigenvalue weighted by atomic mass is 10.3. The Hall–Kier alpha value is -0.610. The van der Waals surface area contributed by atoms with Crippen LogP contribution in [0.2, 0.25) is 0 Å². The van der Waals surface area contributed by atoms with E-state index < -0.39 is 0 Å². The maximum atomic E-state index is 11.6. The van der Waals surface area contributed by atoms with Crippen LogP contribution in [0.5, 0.6) is 0 Å². The monoisotopic (exact) mass is 186 g/mol. The Bertz CT molecular complexity index is 182. The Labute approximate surface area is 79.4 Å². The molecule has 1 rings (SSSR count). The summed E-state index contributed by atoms with van der Waals surface area (Å²) in [7, 11) is 3.81. The number of hydrogen-bond acceptors (Lipinski definition) is 3. The van der Waals surface area contributed by atoms with Crippen LogP contribution in [0.3, 0.4) is 0 Å². The number of carbonyl (C=O) groups is 1. The van der Waals surface area contributed by atoms with Gasteiger partial charge in [0, 0.05) is 13.1 Å². The second kappa shape index (κ2) is 4.58. The van der Waals surface area contributed by atoms with E-state index in [4.69, 9.17) is 4.74 Å². The first-order valence-corrected chi connectivity index (χ1v) is 4.63. The first-order chi connectivity index (χ1) is 6.09. The SMILES string of the molecule is C[C@H]1CN(C(=O)CN(C)C)CCO1. The number of nitrogens with zero attached hydrogens (tertiary/aromatic N) is 2. The lowest BCUT2D eigenvalue weighted by Gasteiger charge is -2.31. The fraction of sp³-hybridized carbons (Fsp3) is 0.889. The minimum absolute atomic E-state index is 0.180. The first kappa shape index (κ1) is 10.5. The van der Waals surface area contributed by atoms with Gasteiger partial charge in [0.05, 0.1) is 19.3 Å². The molecule has 1 atom stereocenters. The summed E-state index contributed by atoms with van der Waals surface area (Å²) in [5, 5.41) is 0. The van der Waals surface area contributed by atoms with E-state index in [0.29, 0.717) is 13.2 Å². The van der Waals surface area contributed by atoms with Crippen molar-refractivity contribution in [2.75, 3.05) is 40.3 Å². The van der Waals surface area contributed by atoms with E-state index in [2.05, 4.69) is 0 Å². The van der Waals surface area contributed by atoms with Gasteiger partial charge in [0.25, 0.3) is 0 Å². The van der Waals surface area contributed by atoms with Gasteiger partial charge in [0.1, 0.15) is 0 Å². The minimum atomic E-state index is 0.180. The van der Waals surface area contributed by atoms with Crippen LogP contribution in [0, 0.1) is 0 Å². The Morgan fingerprint density at radius 1 is 1.62 bits per heavy atom. The van der Waals surface area contributed by atoms with Crippen molar-refractivity contribution in [3.05, 3.63) is 0 Å². The summed E-state index contributed by atoms with van der Waals surface area (Å²) in [5.74, 6) is 0.195. The molecule has 0 spiro atoms. The van der Waals surface area contributed by atoms with E-state index in [-0.39, 0.29) is 12.0 Å². The fourth-order valence-corrected chi connectivity index (χ4v) is 1.42. The number of morpholine rings is 1. The molecule has 1 amide bonds. The highest BCUT2D eigenvalue weighted by Gasteiger charge is 2.21. The zero-order valence-electron chi connectivity index (χ0n) is 8.62. The molecule has 1 heterocycles. The van der Waals surface area contributed by atoms with Crippen molar-refractivity contribution in [2.24, 2.45) is 0 Å². The Morgan fingerprint density at radius 3 is 2.85 bits per heavy atom. The lowest BCUT2D eigenvalue weighted by molar-refractivity contribution is -0.138. The molecule has 1 aliphatic rings. The molecule has 0 aromatic heterocycles. The van der Waals surface area contributed by atoms with E-state index in [1.807, 2.05) is 30.8 Å². The maximum absolute atomic E-state index is 11.6. The molecule has 0 unspecified atom stereocenters. The predicted octanol–water partition coefficient (Wildman–Crippen LogP) is -0.205. The normalized spacial score (nSPS) is 23.7. The summed E-state index contributed by atoms with van der Waals surface area (Å²) >= 11 is 0. The summed E-state index contributed by atoms with van der Waals surface area (Å²) in [6.07, 6.45) is 0.180. The van der Waals surface area contributed by atoms with Crippen molar-refractivity contribution < 1.29 is 9.53 Å². The highest BCUT2D eigenvalue weighted by molar-refractivity contribution is 5.78. The maximum Gasteiger partial charge on any atom is 0.236 e. The van der Waals surface area contributed by atoms with Crippen molar-refractivity contribution in [2.45, 2.75) is 13.0 Å². The zero-order valence-corrected chi connectivity index (χ0v) is 8.62. The first-order valence-electron chi connectivity index (χ1n) is 4.63. The molecule has 1 aliphatic heterocycles.